The first-order chi connectivity index (χ1) is 16.2. The molecule has 4 heterocycles. The van der Waals surface area contributed by atoms with Crippen molar-refractivity contribution >= 4 is 24.1 Å². The summed E-state index contributed by atoms with van der Waals surface area (Å²) in [5, 5.41) is 0. The standard InChI is InChI=1S/C25H38N2O8/c1-24(2,3)34-22(30)26-12-14-10-16(26)18(14)20(28)32-8-7-9-33-21(29)19-15-11-17(19)27(13-15)23(31)35-25(4,5)6/h14-19H,7-13H2,1-6H3. The van der Waals surface area contributed by atoms with Gasteiger partial charge in [-0.25, -0.2) is 9.59 Å². The summed E-state index contributed by atoms with van der Waals surface area (Å²) in [4.78, 5) is 53.1. The summed E-state index contributed by atoms with van der Waals surface area (Å²) in [6, 6.07) is -0.329. The van der Waals surface area contributed by atoms with Crippen LogP contribution in [0.1, 0.15) is 60.8 Å². The van der Waals surface area contributed by atoms with Crippen molar-refractivity contribution in [1.29, 1.82) is 0 Å². The summed E-state index contributed by atoms with van der Waals surface area (Å²) in [7, 11) is 0. The highest BCUT2D eigenvalue weighted by Crippen LogP contribution is 2.48. The zero-order chi connectivity index (χ0) is 25.7. The number of ether oxygens (including phenoxy) is 4. The first-order valence-corrected chi connectivity index (χ1v) is 12.6. The van der Waals surface area contributed by atoms with Gasteiger partial charge in [-0.15, -0.1) is 0 Å². The van der Waals surface area contributed by atoms with Crippen molar-refractivity contribution in [1.82, 2.24) is 9.80 Å². The van der Waals surface area contributed by atoms with Crippen molar-refractivity contribution in [3.8, 4) is 0 Å². The summed E-state index contributed by atoms with van der Waals surface area (Å²) in [5.41, 5.74) is -1.16. The monoisotopic (exact) mass is 494 g/mol. The molecule has 2 amide bonds. The first kappa shape index (κ1) is 25.6. The molecule has 6 rings (SSSR count). The number of esters is 2. The van der Waals surface area contributed by atoms with Crippen LogP contribution in [0, 0.1) is 23.7 Å². The zero-order valence-electron chi connectivity index (χ0n) is 21.6. The van der Waals surface area contributed by atoms with E-state index in [1.807, 2.05) is 41.5 Å². The van der Waals surface area contributed by atoms with Gasteiger partial charge in [0.05, 0.1) is 25.0 Å². The van der Waals surface area contributed by atoms with E-state index in [4.69, 9.17) is 18.9 Å². The lowest BCUT2D eigenvalue weighted by atomic mass is 9.74. The van der Waals surface area contributed by atoms with Crippen LogP contribution in [0.25, 0.3) is 0 Å². The number of amides is 2. The number of carbonyl (C=O) groups is 4. The van der Waals surface area contributed by atoms with E-state index in [9.17, 15) is 19.2 Å². The second kappa shape index (κ2) is 9.17. The fourth-order valence-electron chi connectivity index (χ4n) is 5.59. The molecule has 10 heteroatoms. The fourth-order valence-corrected chi connectivity index (χ4v) is 5.59. The van der Waals surface area contributed by atoms with Crippen LogP contribution < -0.4 is 0 Å². The molecule has 6 atom stereocenters. The fraction of sp³-hybridized carbons (Fsp3) is 0.840. The predicted molar refractivity (Wildman–Crippen MR) is 123 cm³/mol. The number of rotatable bonds is 6. The van der Waals surface area contributed by atoms with Crippen LogP contribution in [-0.2, 0) is 28.5 Å². The molecule has 196 valence electrons. The average Bonchev–Trinajstić information content (AvgIpc) is 3.42. The van der Waals surface area contributed by atoms with Gasteiger partial charge >= 0.3 is 24.1 Å². The van der Waals surface area contributed by atoms with Crippen molar-refractivity contribution in [2.24, 2.45) is 23.7 Å². The molecular formula is C25H38N2O8. The lowest BCUT2D eigenvalue weighted by Crippen LogP contribution is -2.47. The van der Waals surface area contributed by atoms with Gasteiger partial charge in [0, 0.05) is 31.6 Å². The van der Waals surface area contributed by atoms with Crippen LogP contribution in [0.15, 0.2) is 0 Å². The Morgan fingerprint density at radius 2 is 1.06 bits per heavy atom. The van der Waals surface area contributed by atoms with Crippen molar-refractivity contribution in [2.45, 2.75) is 84.1 Å². The smallest absolute Gasteiger partial charge is 0.410 e. The predicted octanol–water partition coefficient (Wildman–Crippen LogP) is 2.97. The van der Waals surface area contributed by atoms with Crippen molar-refractivity contribution < 1.29 is 38.1 Å². The Labute approximate surface area is 206 Å². The summed E-state index contributed by atoms with van der Waals surface area (Å²) in [5.74, 6) is -1.02. The van der Waals surface area contributed by atoms with Crippen LogP contribution in [0.2, 0.25) is 0 Å². The van der Waals surface area contributed by atoms with Gasteiger partial charge in [0.15, 0.2) is 0 Å². The van der Waals surface area contributed by atoms with Crippen LogP contribution in [-0.4, -0.2) is 83.5 Å². The summed E-state index contributed by atoms with van der Waals surface area (Å²) < 4.78 is 21.7. The van der Waals surface area contributed by atoms with E-state index in [1.54, 1.807) is 9.80 Å². The Kier molecular flexibility index (Phi) is 6.70. The minimum Gasteiger partial charge on any atom is -0.465 e. The molecule has 0 aromatic heterocycles. The van der Waals surface area contributed by atoms with Crippen LogP contribution in [0.3, 0.4) is 0 Å². The molecular weight excluding hydrogens is 456 g/mol. The topological polar surface area (TPSA) is 112 Å². The van der Waals surface area contributed by atoms with E-state index in [1.165, 1.54) is 0 Å². The maximum absolute atomic E-state index is 12.5. The van der Waals surface area contributed by atoms with E-state index in [2.05, 4.69) is 0 Å². The lowest BCUT2D eigenvalue weighted by Gasteiger charge is -2.35. The van der Waals surface area contributed by atoms with Crippen LogP contribution >= 0.6 is 0 Å². The maximum atomic E-state index is 12.5. The van der Waals surface area contributed by atoms with E-state index < -0.39 is 11.2 Å². The normalized spacial score (nSPS) is 30.8. The SMILES string of the molecule is CC(C)(C)OC(=O)N1CC2CC1C2C(=O)OCCCOC(=O)C1C2CC1N(C(=O)OC(C)(C)C)C2. The molecule has 2 saturated carbocycles. The van der Waals surface area contributed by atoms with Crippen LogP contribution in [0.4, 0.5) is 9.59 Å². The number of fused-ring (bicyclic) bond motifs is 2. The van der Waals surface area contributed by atoms with Gasteiger partial charge in [-0.3, -0.25) is 9.59 Å². The molecule has 4 aliphatic heterocycles. The van der Waals surface area contributed by atoms with Gasteiger partial charge in [0.25, 0.3) is 0 Å². The highest BCUT2D eigenvalue weighted by Gasteiger charge is 2.59. The number of hydrogen-bond donors (Lipinski definition) is 0. The molecule has 0 radical (unpaired) electrons. The molecule has 0 spiro atoms. The zero-order valence-corrected chi connectivity index (χ0v) is 21.6. The van der Waals surface area contributed by atoms with Gasteiger partial charge < -0.3 is 28.7 Å². The number of hydrogen-bond acceptors (Lipinski definition) is 8. The molecule has 6 aliphatic rings. The largest absolute Gasteiger partial charge is 0.465 e. The molecule has 4 saturated heterocycles. The summed E-state index contributed by atoms with van der Waals surface area (Å²) in [6.07, 6.45) is 1.21. The van der Waals surface area contributed by atoms with Crippen LogP contribution in [0.5, 0.6) is 0 Å². The minimum absolute atomic E-state index is 0.111. The molecule has 0 aromatic carbocycles. The number of nitrogens with zero attached hydrogens (tertiary/aromatic N) is 2. The Balaban J connectivity index is 1.13. The molecule has 6 fully saturated rings. The molecule has 0 N–H and O–H groups in total. The Hall–Kier alpha value is -2.52. The third kappa shape index (κ3) is 5.35. The quantitative estimate of drug-likeness (QED) is 0.315. The third-order valence-corrected chi connectivity index (χ3v) is 7.17. The van der Waals surface area contributed by atoms with Gasteiger partial charge in [0.2, 0.25) is 0 Å². The molecule has 10 nitrogen and oxygen atoms in total. The van der Waals surface area contributed by atoms with Gasteiger partial charge in [-0.05, 0) is 66.2 Å². The van der Waals surface area contributed by atoms with Gasteiger partial charge in [0.1, 0.15) is 11.2 Å². The van der Waals surface area contributed by atoms with Crippen molar-refractivity contribution in [3.05, 3.63) is 0 Å². The van der Waals surface area contributed by atoms with E-state index in [-0.39, 0.29) is 73.1 Å². The van der Waals surface area contributed by atoms with Gasteiger partial charge in [-0.2, -0.15) is 0 Å². The second-order valence-corrected chi connectivity index (χ2v) is 12.1. The van der Waals surface area contributed by atoms with E-state index in [0.29, 0.717) is 19.5 Å². The average molecular weight is 495 g/mol. The Morgan fingerprint density at radius 1 is 0.686 bits per heavy atom. The highest BCUT2D eigenvalue weighted by molar-refractivity contribution is 5.80. The molecule has 35 heavy (non-hydrogen) atoms. The van der Waals surface area contributed by atoms with E-state index >= 15 is 0 Å². The Morgan fingerprint density at radius 3 is 1.40 bits per heavy atom. The molecule has 6 unspecified atom stereocenters. The molecule has 0 aromatic rings. The van der Waals surface area contributed by atoms with E-state index in [0.717, 1.165) is 12.8 Å². The molecule has 2 aliphatic carbocycles. The highest BCUT2D eigenvalue weighted by atomic mass is 16.6. The lowest BCUT2D eigenvalue weighted by molar-refractivity contribution is -0.157. The minimum atomic E-state index is -0.579. The summed E-state index contributed by atoms with van der Waals surface area (Å²) >= 11 is 0. The first-order valence-electron chi connectivity index (χ1n) is 12.6. The second-order valence-electron chi connectivity index (χ2n) is 12.1. The maximum Gasteiger partial charge on any atom is 0.410 e. The third-order valence-electron chi connectivity index (χ3n) is 7.17. The van der Waals surface area contributed by atoms with Crippen molar-refractivity contribution in [2.75, 3.05) is 26.3 Å². The molecule has 4 bridgehead atoms. The van der Waals surface area contributed by atoms with Crippen molar-refractivity contribution in [3.63, 3.8) is 0 Å². The number of carbonyl (C=O) groups excluding carboxylic acids is 4. The summed E-state index contributed by atoms with van der Waals surface area (Å²) in [6.45, 7) is 12.2. The van der Waals surface area contributed by atoms with Gasteiger partial charge in [-0.1, -0.05) is 0 Å². The Bertz CT molecular complexity index is 806.